The number of aryl methyl sites for hydroxylation is 1. The fraction of sp³-hybridized carbons (Fsp3) is 0.304. The number of H-pyrrole nitrogens is 1. The summed E-state index contributed by atoms with van der Waals surface area (Å²) in [6.45, 7) is 5.16. The Kier molecular flexibility index (Phi) is 6.69. The number of rotatable bonds is 8. The Hall–Kier alpha value is -3.68. The average Bonchev–Trinajstić information content (AvgIpc) is 3.19. The molecule has 0 radical (unpaired) electrons. The van der Waals surface area contributed by atoms with Crippen molar-refractivity contribution in [3.05, 3.63) is 64.2 Å². The summed E-state index contributed by atoms with van der Waals surface area (Å²) in [4.78, 5) is 55.4. The van der Waals surface area contributed by atoms with Crippen LogP contribution in [0.5, 0.6) is 0 Å². The van der Waals surface area contributed by atoms with Crippen LogP contribution in [0.4, 0.5) is 5.69 Å². The highest BCUT2D eigenvalue weighted by atomic mass is 16.2. The van der Waals surface area contributed by atoms with Gasteiger partial charge in [0.2, 0.25) is 0 Å². The second kappa shape index (κ2) is 9.42. The molecule has 8 nitrogen and oxygen atoms in total. The maximum atomic E-state index is 12.9. The van der Waals surface area contributed by atoms with Crippen molar-refractivity contribution in [1.82, 2.24) is 14.5 Å². The number of carbonyl (C=O) groups is 3. The average molecular weight is 422 g/mol. The standard InChI is InChI=1S/C23H26N4O4/c1-4-10-27(11-5-2)22(30)15-12-19(23(31)26(3)14-15)25-21(29)20(28)17-13-24-18-9-7-6-8-16(17)18/h6-9,12-14,24H,4-5,10-11H2,1-3H3,(H,25,29). The van der Waals surface area contributed by atoms with Crippen molar-refractivity contribution in [3.8, 4) is 0 Å². The van der Waals surface area contributed by atoms with Crippen molar-refractivity contribution < 1.29 is 14.4 Å². The number of fused-ring (bicyclic) bond motifs is 1. The topological polar surface area (TPSA) is 104 Å². The molecule has 0 aliphatic rings. The quantitative estimate of drug-likeness (QED) is 0.430. The first-order valence-corrected chi connectivity index (χ1v) is 10.3. The van der Waals surface area contributed by atoms with Crippen molar-refractivity contribution in [2.24, 2.45) is 7.05 Å². The van der Waals surface area contributed by atoms with E-state index >= 15 is 0 Å². The zero-order chi connectivity index (χ0) is 22.5. The predicted molar refractivity (Wildman–Crippen MR) is 119 cm³/mol. The molecule has 2 heterocycles. The molecule has 0 unspecified atom stereocenters. The summed E-state index contributed by atoms with van der Waals surface area (Å²) in [5.74, 6) is -1.93. The monoisotopic (exact) mass is 422 g/mol. The highest BCUT2D eigenvalue weighted by Gasteiger charge is 2.23. The van der Waals surface area contributed by atoms with E-state index in [9.17, 15) is 19.2 Å². The number of anilines is 1. The van der Waals surface area contributed by atoms with Gasteiger partial charge in [0.1, 0.15) is 5.69 Å². The number of hydrogen-bond acceptors (Lipinski definition) is 4. The largest absolute Gasteiger partial charge is 0.360 e. The number of ketones is 1. The van der Waals surface area contributed by atoms with Crippen LogP contribution in [0.3, 0.4) is 0 Å². The van der Waals surface area contributed by atoms with Gasteiger partial charge in [-0.05, 0) is 25.0 Å². The number of para-hydroxylation sites is 1. The lowest BCUT2D eigenvalue weighted by molar-refractivity contribution is -0.112. The van der Waals surface area contributed by atoms with E-state index in [1.54, 1.807) is 23.1 Å². The Morgan fingerprint density at radius 2 is 1.77 bits per heavy atom. The van der Waals surface area contributed by atoms with Gasteiger partial charge in [-0.2, -0.15) is 0 Å². The van der Waals surface area contributed by atoms with Crippen LogP contribution in [-0.2, 0) is 11.8 Å². The molecule has 0 bridgehead atoms. The summed E-state index contributed by atoms with van der Waals surface area (Å²) >= 11 is 0. The van der Waals surface area contributed by atoms with E-state index in [2.05, 4.69) is 10.3 Å². The zero-order valence-electron chi connectivity index (χ0n) is 17.9. The molecule has 0 atom stereocenters. The Labute approximate surface area is 179 Å². The van der Waals surface area contributed by atoms with Crippen molar-refractivity contribution in [2.45, 2.75) is 26.7 Å². The predicted octanol–water partition coefficient (Wildman–Crippen LogP) is 2.95. The molecule has 1 aromatic carbocycles. The number of amides is 2. The van der Waals surface area contributed by atoms with Crippen LogP contribution in [0.2, 0.25) is 0 Å². The zero-order valence-corrected chi connectivity index (χ0v) is 17.9. The Balaban J connectivity index is 1.88. The lowest BCUT2D eigenvalue weighted by Crippen LogP contribution is -2.34. The van der Waals surface area contributed by atoms with Crippen molar-refractivity contribution in [1.29, 1.82) is 0 Å². The number of aromatic nitrogens is 2. The van der Waals surface area contributed by atoms with Crippen LogP contribution in [-0.4, -0.2) is 45.1 Å². The van der Waals surface area contributed by atoms with E-state index in [1.165, 1.54) is 30.1 Å². The Bertz CT molecular complexity index is 1190. The number of aromatic amines is 1. The second-order valence-corrected chi connectivity index (χ2v) is 7.38. The van der Waals surface area contributed by atoms with Gasteiger partial charge in [0, 0.05) is 43.4 Å². The lowest BCUT2D eigenvalue weighted by Gasteiger charge is -2.22. The van der Waals surface area contributed by atoms with E-state index in [4.69, 9.17) is 0 Å². The van der Waals surface area contributed by atoms with E-state index < -0.39 is 17.2 Å². The third-order valence-corrected chi connectivity index (χ3v) is 4.99. The third kappa shape index (κ3) is 4.58. The summed E-state index contributed by atoms with van der Waals surface area (Å²) in [6.07, 6.45) is 4.53. The Morgan fingerprint density at radius 1 is 1.10 bits per heavy atom. The molecular formula is C23H26N4O4. The fourth-order valence-electron chi connectivity index (χ4n) is 3.52. The highest BCUT2D eigenvalue weighted by molar-refractivity contribution is 6.48. The molecule has 0 aliphatic heterocycles. The van der Waals surface area contributed by atoms with Gasteiger partial charge in [-0.1, -0.05) is 32.0 Å². The van der Waals surface area contributed by atoms with Crippen LogP contribution in [0.15, 0.2) is 47.5 Å². The molecule has 2 N–H and O–H groups in total. The van der Waals surface area contributed by atoms with Gasteiger partial charge in [0.15, 0.2) is 0 Å². The van der Waals surface area contributed by atoms with Crippen LogP contribution < -0.4 is 10.9 Å². The molecule has 3 rings (SSSR count). The molecule has 2 amide bonds. The number of carbonyl (C=O) groups excluding carboxylic acids is 3. The van der Waals surface area contributed by atoms with Crippen LogP contribution >= 0.6 is 0 Å². The molecule has 8 heteroatoms. The summed E-state index contributed by atoms with van der Waals surface area (Å²) in [7, 11) is 1.50. The van der Waals surface area contributed by atoms with Gasteiger partial charge < -0.3 is 19.8 Å². The molecule has 162 valence electrons. The van der Waals surface area contributed by atoms with Gasteiger partial charge in [-0.15, -0.1) is 0 Å². The molecule has 0 aliphatic carbocycles. The number of Topliss-reactive ketones (excluding diaryl/α,β-unsaturated/α-hetero) is 1. The summed E-state index contributed by atoms with van der Waals surface area (Å²) < 4.78 is 1.23. The molecule has 2 aromatic heterocycles. The van der Waals surface area contributed by atoms with Crippen molar-refractivity contribution >= 4 is 34.2 Å². The smallest absolute Gasteiger partial charge is 0.296 e. The Morgan fingerprint density at radius 3 is 2.45 bits per heavy atom. The molecule has 3 aromatic rings. The van der Waals surface area contributed by atoms with Crippen molar-refractivity contribution in [2.75, 3.05) is 18.4 Å². The van der Waals surface area contributed by atoms with Gasteiger partial charge in [-0.25, -0.2) is 0 Å². The van der Waals surface area contributed by atoms with Gasteiger partial charge in [0.05, 0.1) is 11.1 Å². The van der Waals surface area contributed by atoms with Crippen LogP contribution in [0, 0.1) is 0 Å². The summed E-state index contributed by atoms with van der Waals surface area (Å²) in [6, 6.07) is 8.46. The first-order chi connectivity index (χ1) is 14.9. The third-order valence-electron chi connectivity index (χ3n) is 4.99. The SMILES string of the molecule is CCCN(CCC)C(=O)c1cc(NC(=O)C(=O)c2c[nH]c3ccccc23)c(=O)n(C)c1. The van der Waals surface area contributed by atoms with E-state index in [1.807, 2.05) is 19.9 Å². The van der Waals surface area contributed by atoms with E-state index in [-0.39, 0.29) is 22.7 Å². The molecule has 0 saturated carbocycles. The number of nitrogens with zero attached hydrogens (tertiary/aromatic N) is 2. The van der Waals surface area contributed by atoms with Gasteiger partial charge in [0.25, 0.3) is 23.2 Å². The molecule has 0 fully saturated rings. The van der Waals surface area contributed by atoms with Gasteiger partial charge >= 0.3 is 0 Å². The number of pyridine rings is 1. The van der Waals surface area contributed by atoms with Crippen LogP contribution in [0.1, 0.15) is 47.4 Å². The normalized spacial score (nSPS) is 10.8. The van der Waals surface area contributed by atoms with E-state index in [0.717, 1.165) is 18.4 Å². The van der Waals surface area contributed by atoms with Crippen LogP contribution in [0.25, 0.3) is 10.9 Å². The van der Waals surface area contributed by atoms with Gasteiger partial charge in [-0.3, -0.25) is 19.2 Å². The first kappa shape index (κ1) is 22.0. The fourth-order valence-corrected chi connectivity index (χ4v) is 3.52. The van der Waals surface area contributed by atoms with Crippen molar-refractivity contribution in [3.63, 3.8) is 0 Å². The number of nitrogens with one attached hydrogen (secondary N) is 2. The highest BCUT2D eigenvalue weighted by Crippen LogP contribution is 2.19. The number of benzene rings is 1. The second-order valence-electron chi connectivity index (χ2n) is 7.38. The summed E-state index contributed by atoms with van der Waals surface area (Å²) in [5.41, 5.74) is 0.607. The molecule has 0 spiro atoms. The number of hydrogen-bond donors (Lipinski definition) is 2. The molecule has 0 saturated heterocycles. The molecular weight excluding hydrogens is 396 g/mol. The minimum Gasteiger partial charge on any atom is -0.360 e. The van der Waals surface area contributed by atoms with E-state index in [0.29, 0.717) is 18.5 Å². The maximum absolute atomic E-state index is 12.9. The maximum Gasteiger partial charge on any atom is 0.296 e. The first-order valence-electron chi connectivity index (χ1n) is 10.3. The minimum atomic E-state index is -0.939. The minimum absolute atomic E-state index is 0.112. The molecule has 31 heavy (non-hydrogen) atoms. The lowest BCUT2D eigenvalue weighted by atomic mass is 10.1. The summed E-state index contributed by atoms with van der Waals surface area (Å²) in [5, 5.41) is 3.02.